The van der Waals surface area contributed by atoms with E-state index < -0.39 is 11.4 Å². The lowest BCUT2D eigenvalue weighted by molar-refractivity contribution is -0.148. The fraction of sp³-hybridized carbons (Fsp3) is 0.240. The third kappa shape index (κ3) is 4.74. The van der Waals surface area contributed by atoms with Gasteiger partial charge < -0.3 is 14.8 Å². The molecule has 0 radical (unpaired) electrons. The number of nitrogens with one attached hydrogen (secondary N) is 1. The molecule has 0 spiro atoms. The highest BCUT2D eigenvalue weighted by Gasteiger charge is 2.28. The number of carbonyl (C=O) groups is 1. The van der Waals surface area contributed by atoms with Crippen LogP contribution in [0.4, 0.5) is 0 Å². The van der Waals surface area contributed by atoms with E-state index >= 15 is 0 Å². The third-order valence-corrected chi connectivity index (χ3v) is 5.43. The summed E-state index contributed by atoms with van der Waals surface area (Å²) in [5, 5.41) is 9.22. The number of ether oxygens (including phenoxy) is 1. The third-order valence-electron chi connectivity index (χ3n) is 5.43. The summed E-state index contributed by atoms with van der Waals surface area (Å²) in [5.74, 6) is 0.553. The van der Waals surface area contributed by atoms with Gasteiger partial charge >= 0.3 is 5.97 Å². The van der Waals surface area contributed by atoms with Crippen molar-refractivity contribution in [1.82, 2.24) is 24.9 Å². The van der Waals surface area contributed by atoms with Crippen molar-refractivity contribution >= 4 is 5.97 Å². The number of carboxylic acid groups (broad SMARTS) is 1. The highest BCUT2D eigenvalue weighted by Crippen LogP contribution is 2.27. The molecule has 4 aromatic rings. The van der Waals surface area contributed by atoms with E-state index in [2.05, 4.69) is 37.9 Å². The molecule has 0 aliphatic carbocycles. The molecule has 0 unspecified atom stereocenters. The number of aromatic nitrogens is 5. The number of rotatable bonds is 7. The van der Waals surface area contributed by atoms with Crippen molar-refractivity contribution < 1.29 is 14.6 Å². The Kier molecular flexibility index (Phi) is 5.91. The summed E-state index contributed by atoms with van der Waals surface area (Å²) < 4.78 is 5.59. The smallest absolute Gasteiger partial charge is 0.312 e. The summed E-state index contributed by atoms with van der Waals surface area (Å²) in [6.45, 7) is 7.23. The van der Waals surface area contributed by atoms with Gasteiger partial charge in [0, 0.05) is 41.3 Å². The first-order valence-electron chi connectivity index (χ1n) is 10.5. The van der Waals surface area contributed by atoms with Crippen molar-refractivity contribution in [3.63, 3.8) is 0 Å². The molecule has 0 amide bonds. The quantitative estimate of drug-likeness (QED) is 0.425. The van der Waals surface area contributed by atoms with E-state index in [1.165, 1.54) is 0 Å². The van der Waals surface area contributed by atoms with Crippen molar-refractivity contribution in [2.24, 2.45) is 5.41 Å². The molecule has 2 N–H and O–H groups in total. The summed E-state index contributed by atoms with van der Waals surface area (Å²) in [5.41, 5.74) is 4.76. The first kappa shape index (κ1) is 22.1. The van der Waals surface area contributed by atoms with Gasteiger partial charge in [-0.1, -0.05) is 24.3 Å². The van der Waals surface area contributed by atoms with Crippen LogP contribution in [0.15, 0.2) is 55.1 Å². The maximum Gasteiger partial charge on any atom is 0.312 e. The normalized spacial score (nSPS) is 11.4. The number of hydrogen-bond donors (Lipinski definition) is 2. The van der Waals surface area contributed by atoms with Gasteiger partial charge in [-0.15, -0.1) is 0 Å². The van der Waals surface area contributed by atoms with Gasteiger partial charge in [0.15, 0.2) is 11.6 Å². The van der Waals surface area contributed by atoms with Crippen LogP contribution in [0.5, 0.6) is 5.88 Å². The number of carboxylic acids is 1. The highest BCUT2D eigenvalue weighted by molar-refractivity contribution is 5.73. The molecule has 3 aromatic heterocycles. The molecule has 0 atom stereocenters. The predicted octanol–water partition coefficient (Wildman–Crippen LogP) is 4.70. The number of aromatic amines is 1. The summed E-state index contributed by atoms with van der Waals surface area (Å²) in [4.78, 5) is 32.2. The Morgan fingerprint density at radius 3 is 2.36 bits per heavy atom. The average Bonchev–Trinajstić information content (AvgIpc) is 3.28. The van der Waals surface area contributed by atoms with Crippen LogP contribution in [0, 0.1) is 19.3 Å². The highest BCUT2D eigenvalue weighted by atomic mass is 16.5. The van der Waals surface area contributed by atoms with Crippen molar-refractivity contribution in [2.45, 2.75) is 27.7 Å². The molecule has 4 rings (SSSR count). The number of benzene rings is 1. The van der Waals surface area contributed by atoms with Crippen LogP contribution in [0.2, 0.25) is 0 Å². The van der Waals surface area contributed by atoms with Gasteiger partial charge in [0.1, 0.15) is 6.61 Å². The zero-order valence-corrected chi connectivity index (χ0v) is 19.0. The number of imidazole rings is 1. The van der Waals surface area contributed by atoms with Crippen LogP contribution in [-0.2, 0) is 4.79 Å². The van der Waals surface area contributed by atoms with Gasteiger partial charge in [-0.2, -0.15) is 0 Å². The zero-order chi connectivity index (χ0) is 23.6. The minimum Gasteiger partial charge on any atom is -0.481 e. The molecule has 0 bridgehead atoms. The Bertz CT molecular complexity index is 1300. The zero-order valence-electron chi connectivity index (χ0n) is 19.0. The molecule has 8 nitrogen and oxygen atoms in total. The van der Waals surface area contributed by atoms with Crippen LogP contribution in [0.25, 0.3) is 34.0 Å². The Hall–Kier alpha value is -4.07. The van der Waals surface area contributed by atoms with Crippen LogP contribution in [0.3, 0.4) is 0 Å². The number of pyridine rings is 1. The second kappa shape index (κ2) is 8.82. The molecule has 1 aromatic carbocycles. The first-order valence-corrected chi connectivity index (χ1v) is 10.5. The molecule has 0 fully saturated rings. The van der Waals surface area contributed by atoms with Crippen LogP contribution in [0.1, 0.15) is 25.0 Å². The second-order valence-electron chi connectivity index (χ2n) is 8.57. The molecular weight excluding hydrogens is 418 g/mol. The van der Waals surface area contributed by atoms with E-state index in [4.69, 9.17) is 4.74 Å². The lowest BCUT2D eigenvalue weighted by atomic mass is 9.95. The number of aryl methyl sites for hydroxylation is 2. The van der Waals surface area contributed by atoms with E-state index in [9.17, 15) is 9.90 Å². The SMILES string of the molecule is Cc1cc(OCC(C)(C)C(=O)O)ncc1-c1cnc(-c2ncc(-c3ccccc3C)[nH]2)nc1. The molecule has 8 heteroatoms. The Balaban J connectivity index is 1.51. The van der Waals surface area contributed by atoms with Crippen LogP contribution >= 0.6 is 0 Å². The van der Waals surface area contributed by atoms with E-state index in [1.54, 1.807) is 44.7 Å². The number of aliphatic carboxylic acids is 1. The van der Waals surface area contributed by atoms with E-state index in [-0.39, 0.29) is 6.61 Å². The first-order chi connectivity index (χ1) is 15.7. The molecule has 0 aliphatic rings. The molecule has 0 saturated carbocycles. The van der Waals surface area contributed by atoms with Crippen molar-refractivity contribution in [3.8, 4) is 39.9 Å². The van der Waals surface area contributed by atoms with Crippen LogP contribution in [-0.4, -0.2) is 42.6 Å². The van der Waals surface area contributed by atoms with Gasteiger partial charge in [0.05, 0.1) is 17.3 Å². The summed E-state index contributed by atoms with van der Waals surface area (Å²) in [6.07, 6.45) is 6.93. The topological polar surface area (TPSA) is 114 Å². The van der Waals surface area contributed by atoms with Gasteiger partial charge in [-0.25, -0.2) is 19.9 Å². The van der Waals surface area contributed by atoms with Gasteiger partial charge in [-0.05, 0) is 38.8 Å². The maximum atomic E-state index is 11.2. The molecule has 0 saturated heterocycles. The Morgan fingerprint density at radius 1 is 0.970 bits per heavy atom. The van der Waals surface area contributed by atoms with Crippen molar-refractivity contribution in [3.05, 3.63) is 66.2 Å². The summed E-state index contributed by atoms with van der Waals surface area (Å²) in [6, 6.07) is 9.88. The van der Waals surface area contributed by atoms with Gasteiger partial charge in [0.2, 0.25) is 5.88 Å². The van der Waals surface area contributed by atoms with Crippen LogP contribution < -0.4 is 4.74 Å². The lowest BCUT2D eigenvalue weighted by Crippen LogP contribution is -2.30. The molecule has 3 heterocycles. The number of H-pyrrole nitrogens is 1. The molecule has 0 aliphatic heterocycles. The Labute approximate surface area is 191 Å². The minimum absolute atomic E-state index is 0.0274. The number of hydrogen-bond acceptors (Lipinski definition) is 6. The standard InChI is InChI=1S/C25H25N5O3/c1-15-7-5-6-8-18(15)20-13-29-23(30-20)22-27-10-17(11-28-22)19-12-26-21(9-16(19)2)33-14-25(3,4)24(31)32/h5-13H,14H2,1-4H3,(H,29,30)(H,31,32). The van der Waals surface area contributed by atoms with Gasteiger partial charge in [0.25, 0.3) is 0 Å². The predicted molar refractivity (Wildman–Crippen MR) is 125 cm³/mol. The largest absolute Gasteiger partial charge is 0.481 e. The molecule has 33 heavy (non-hydrogen) atoms. The fourth-order valence-electron chi connectivity index (χ4n) is 3.26. The maximum absolute atomic E-state index is 11.2. The van der Waals surface area contributed by atoms with E-state index in [0.717, 1.165) is 33.5 Å². The second-order valence-corrected chi connectivity index (χ2v) is 8.57. The summed E-state index contributed by atoms with van der Waals surface area (Å²) in [7, 11) is 0. The summed E-state index contributed by atoms with van der Waals surface area (Å²) >= 11 is 0. The lowest BCUT2D eigenvalue weighted by Gasteiger charge is -2.19. The minimum atomic E-state index is -0.997. The molecular formula is C25H25N5O3. The van der Waals surface area contributed by atoms with Crippen molar-refractivity contribution in [1.29, 1.82) is 0 Å². The molecule has 168 valence electrons. The Morgan fingerprint density at radius 2 is 1.70 bits per heavy atom. The average molecular weight is 444 g/mol. The van der Waals surface area contributed by atoms with Crippen molar-refractivity contribution in [2.75, 3.05) is 6.61 Å². The number of nitrogens with zero attached hydrogens (tertiary/aromatic N) is 4. The van der Waals surface area contributed by atoms with E-state index in [0.29, 0.717) is 17.5 Å². The van der Waals surface area contributed by atoms with Gasteiger partial charge in [-0.3, -0.25) is 4.79 Å². The van der Waals surface area contributed by atoms with E-state index in [1.807, 2.05) is 25.1 Å². The monoisotopic (exact) mass is 443 g/mol. The fourth-order valence-corrected chi connectivity index (χ4v) is 3.26.